The van der Waals surface area contributed by atoms with E-state index in [2.05, 4.69) is 19.2 Å². The molecular formula is C13H23NO2. The second-order valence-corrected chi connectivity index (χ2v) is 5.38. The third kappa shape index (κ3) is 2.57. The number of rotatable bonds is 2. The van der Waals surface area contributed by atoms with Crippen molar-refractivity contribution in [3.05, 3.63) is 0 Å². The molecule has 3 nitrogen and oxygen atoms in total. The molecule has 16 heavy (non-hydrogen) atoms. The van der Waals surface area contributed by atoms with Gasteiger partial charge in [-0.1, -0.05) is 13.3 Å². The lowest BCUT2D eigenvalue weighted by Crippen LogP contribution is -2.35. The van der Waals surface area contributed by atoms with Gasteiger partial charge < -0.3 is 10.1 Å². The molecule has 1 aliphatic heterocycles. The number of hydrogen-bond acceptors (Lipinski definition) is 3. The van der Waals surface area contributed by atoms with Gasteiger partial charge in [0.25, 0.3) is 0 Å². The van der Waals surface area contributed by atoms with Gasteiger partial charge in [0.1, 0.15) is 6.10 Å². The van der Waals surface area contributed by atoms with Crippen LogP contribution < -0.4 is 5.32 Å². The van der Waals surface area contributed by atoms with Gasteiger partial charge in [-0.05, 0) is 45.1 Å². The molecule has 1 aliphatic carbocycles. The summed E-state index contributed by atoms with van der Waals surface area (Å²) in [6.07, 6.45) is 5.87. The summed E-state index contributed by atoms with van der Waals surface area (Å²) in [4.78, 5) is 12.0. The first kappa shape index (κ1) is 11.9. The van der Waals surface area contributed by atoms with Gasteiger partial charge in [-0.2, -0.15) is 0 Å². The van der Waals surface area contributed by atoms with E-state index in [4.69, 9.17) is 4.74 Å². The summed E-state index contributed by atoms with van der Waals surface area (Å²) >= 11 is 0. The molecule has 4 atom stereocenters. The van der Waals surface area contributed by atoms with Crippen LogP contribution in [0.2, 0.25) is 0 Å². The van der Waals surface area contributed by atoms with Crippen LogP contribution in [0.1, 0.15) is 46.0 Å². The van der Waals surface area contributed by atoms with Crippen molar-refractivity contribution in [2.24, 2.45) is 11.8 Å². The molecule has 0 aromatic heterocycles. The van der Waals surface area contributed by atoms with E-state index < -0.39 is 0 Å². The minimum Gasteiger partial charge on any atom is -0.462 e. The number of nitrogens with one attached hydrogen (secondary N) is 1. The van der Waals surface area contributed by atoms with Crippen molar-refractivity contribution < 1.29 is 9.53 Å². The zero-order valence-corrected chi connectivity index (χ0v) is 10.4. The summed E-state index contributed by atoms with van der Waals surface area (Å²) < 4.78 is 5.68. The van der Waals surface area contributed by atoms with E-state index in [1.807, 2.05) is 0 Å². The van der Waals surface area contributed by atoms with Gasteiger partial charge >= 0.3 is 5.97 Å². The predicted molar refractivity (Wildman–Crippen MR) is 63.1 cm³/mol. The third-order valence-electron chi connectivity index (χ3n) is 4.13. The molecule has 0 radical (unpaired) electrons. The maximum Gasteiger partial charge on any atom is 0.310 e. The SMILES string of the molecule is CC1CCCCC1OC(=O)C1CCNC1C. The molecule has 0 aromatic carbocycles. The second-order valence-electron chi connectivity index (χ2n) is 5.38. The molecule has 0 spiro atoms. The topological polar surface area (TPSA) is 38.3 Å². The fraction of sp³-hybridized carbons (Fsp3) is 0.923. The molecule has 4 unspecified atom stereocenters. The average Bonchev–Trinajstić information content (AvgIpc) is 2.68. The molecule has 1 N–H and O–H groups in total. The fourth-order valence-corrected chi connectivity index (χ4v) is 2.87. The van der Waals surface area contributed by atoms with Crippen LogP contribution in [-0.4, -0.2) is 24.7 Å². The second kappa shape index (κ2) is 5.17. The van der Waals surface area contributed by atoms with Crippen LogP contribution in [-0.2, 0) is 9.53 Å². The third-order valence-corrected chi connectivity index (χ3v) is 4.13. The highest BCUT2D eigenvalue weighted by molar-refractivity contribution is 5.73. The molecule has 0 bridgehead atoms. The van der Waals surface area contributed by atoms with Crippen molar-refractivity contribution in [2.45, 2.75) is 58.1 Å². The minimum absolute atomic E-state index is 0.0243. The summed E-state index contributed by atoms with van der Waals surface area (Å²) in [6.45, 7) is 5.22. The van der Waals surface area contributed by atoms with E-state index in [1.165, 1.54) is 19.3 Å². The summed E-state index contributed by atoms with van der Waals surface area (Å²) in [5, 5.41) is 3.30. The number of esters is 1. The number of hydrogen-bond donors (Lipinski definition) is 1. The lowest BCUT2D eigenvalue weighted by Gasteiger charge is -2.29. The molecule has 92 valence electrons. The highest BCUT2D eigenvalue weighted by atomic mass is 16.5. The zero-order valence-electron chi connectivity index (χ0n) is 10.4. The van der Waals surface area contributed by atoms with Gasteiger partial charge in [0.05, 0.1) is 5.92 Å². The number of ether oxygens (including phenoxy) is 1. The minimum atomic E-state index is 0.0243. The lowest BCUT2D eigenvalue weighted by atomic mass is 9.88. The van der Waals surface area contributed by atoms with Gasteiger partial charge in [0, 0.05) is 6.04 Å². The number of carbonyl (C=O) groups is 1. The molecule has 0 aromatic rings. The molecule has 1 saturated carbocycles. The van der Waals surface area contributed by atoms with Crippen LogP contribution in [0.5, 0.6) is 0 Å². The zero-order chi connectivity index (χ0) is 11.5. The maximum absolute atomic E-state index is 12.0. The Hall–Kier alpha value is -0.570. The Bertz CT molecular complexity index is 254. The van der Waals surface area contributed by atoms with Crippen LogP contribution in [0.4, 0.5) is 0 Å². The first-order valence-corrected chi connectivity index (χ1v) is 6.62. The van der Waals surface area contributed by atoms with Crippen LogP contribution >= 0.6 is 0 Å². The van der Waals surface area contributed by atoms with Crippen molar-refractivity contribution in [1.29, 1.82) is 0 Å². The van der Waals surface area contributed by atoms with Crippen molar-refractivity contribution in [1.82, 2.24) is 5.32 Å². The van der Waals surface area contributed by atoms with Crippen molar-refractivity contribution in [2.75, 3.05) is 6.54 Å². The van der Waals surface area contributed by atoms with Crippen molar-refractivity contribution in [3.8, 4) is 0 Å². The maximum atomic E-state index is 12.0. The van der Waals surface area contributed by atoms with Crippen LogP contribution in [0.15, 0.2) is 0 Å². The largest absolute Gasteiger partial charge is 0.462 e. The number of carbonyl (C=O) groups excluding carboxylic acids is 1. The summed E-state index contributed by atoms with van der Waals surface area (Å²) in [5.74, 6) is 0.646. The van der Waals surface area contributed by atoms with Gasteiger partial charge in [0.2, 0.25) is 0 Å². The molecule has 2 rings (SSSR count). The van der Waals surface area contributed by atoms with Gasteiger partial charge in [-0.25, -0.2) is 0 Å². The molecule has 0 amide bonds. The Morgan fingerprint density at radius 2 is 1.94 bits per heavy atom. The first-order valence-electron chi connectivity index (χ1n) is 6.62. The molecule has 1 saturated heterocycles. The monoisotopic (exact) mass is 225 g/mol. The van der Waals surface area contributed by atoms with Crippen molar-refractivity contribution >= 4 is 5.97 Å². The van der Waals surface area contributed by atoms with Gasteiger partial charge in [-0.15, -0.1) is 0 Å². The summed E-state index contributed by atoms with van der Waals surface area (Å²) in [5.41, 5.74) is 0. The Morgan fingerprint density at radius 1 is 1.19 bits per heavy atom. The Kier molecular flexibility index (Phi) is 3.85. The Balaban J connectivity index is 1.86. The molecule has 2 aliphatic rings. The molecular weight excluding hydrogens is 202 g/mol. The first-order chi connectivity index (χ1) is 7.68. The standard InChI is InChI=1S/C13H23NO2/c1-9-5-3-4-6-12(9)16-13(15)11-7-8-14-10(11)2/h9-12,14H,3-8H2,1-2H3. The molecule has 1 heterocycles. The van der Waals surface area contributed by atoms with E-state index in [9.17, 15) is 4.79 Å². The average molecular weight is 225 g/mol. The molecule has 3 heteroatoms. The van der Waals surface area contributed by atoms with E-state index >= 15 is 0 Å². The smallest absolute Gasteiger partial charge is 0.310 e. The van der Waals surface area contributed by atoms with E-state index in [0.29, 0.717) is 5.92 Å². The van der Waals surface area contributed by atoms with Crippen LogP contribution in [0, 0.1) is 11.8 Å². The normalized spacial score (nSPS) is 39.6. The highest BCUT2D eigenvalue weighted by Gasteiger charge is 2.33. The Labute approximate surface area is 97.9 Å². The van der Waals surface area contributed by atoms with Gasteiger partial charge in [-0.3, -0.25) is 4.79 Å². The summed E-state index contributed by atoms with van der Waals surface area (Å²) in [6, 6.07) is 0.284. The predicted octanol–water partition coefficient (Wildman–Crippen LogP) is 2.11. The van der Waals surface area contributed by atoms with E-state index in [-0.39, 0.29) is 24.0 Å². The van der Waals surface area contributed by atoms with E-state index in [1.54, 1.807) is 0 Å². The fourth-order valence-electron chi connectivity index (χ4n) is 2.87. The quantitative estimate of drug-likeness (QED) is 0.731. The van der Waals surface area contributed by atoms with Crippen molar-refractivity contribution in [3.63, 3.8) is 0 Å². The Morgan fingerprint density at radius 3 is 2.56 bits per heavy atom. The van der Waals surface area contributed by atoms with Gasteiger partial charge in [0.15, 0.2) is 0 Å². The summed E-state index contributed by atoms with van der Waals surface area (Å²) in [7, 11) is 0. The van der Waals surface area contributed by atoms with Crippen LogP contribution in [0.25, 0.3) is 0 Å². The molecule has 2 fully saturated rings. The highest BCUT2D eigenvalue weighted by Crippen LogP contribution is 2.28. The van der Waals surface area contributed by atoms with Crippen LogP contribution in [0.3, 0.4) is 0 Å². The lowest BCUT2D eigenvalue weighted by molar-refractivity contribution is -0.158. The van der Waals surface area contributed by atoms with E-state index in [0.717, 1.165) is 19.4 Å².